The maximum absolute atomic E-state index is 11.8. The van der Waals surface area contributed by atoms with Gasteiger partial charge in [0.25, 0.3) is 0 Å². The lowest BCUT2D eigenvalue weighted by Gasteiger charge is -2.33. The second kappa shape index (κ2) is 6.07. The molecule has 0 radical (unpaired) electrons. The van der Waals surface area contributed by atoms with Crippen molar-refractivity contribution in [1.82, 2.24) is 4.90 Å². The van der Waals surface area contributed by atoms with E-state index in [4.69, 9.17) is 19.3 Å². The summed E-state index contributed by atoms with van der Waals surface area (Å²) >= 11 is 0. The Kier molecular flexibility index (Phi) is 3.97. The van der Waals surface area contributed by atoms with Crippen LogP contribution in [0.15, 0.2) is 42.2 Å². The number of ether oxygens (including phenoxy) is 3. The van der Waals surface area contributed by atoms with Gasteiger partial charge in [-0.1, -0.05) is 30.3 Å². The Morgan fingerprint density at radius 3 is 2.86 bits per heavy atom. The summed E-state index contributed by atoms with van der Waals surface area (Å²) in [5.74, 6) is 0.0715. The Balaban J connectivity index is 1.59. The number of aliphatic hydroxyl groups excluding tert-OH is 1. The number of benzene rings is 1. The van der Waals surface area contributed by atoms with E-state index < -0.39 is 18.6 Å². The fraction of sp³-hybridized carbons (Fsp3) is 0.333. The Hall–Kier alpha value is -2.54. The molecule has 2 saturated heterocycles. The van der Waals surface area contributed by atoms with Crippen LogP contribution in [0.2, 0.25) is 0 Å². The van der Waals surface area contributed by atoms with E-state index in [2.05, 4.69) is 0 Å². The Labute approximate surface area is 126 Å². The normalized spacial score (nSPS) is 24.5. The molecule has 0 saturated carbocycles. The van der Waals surface area contributed by atoms with Gasteiger partial charge in [-0.25, -0.2) is 4.79 Å². The fourth-order valence-corrected chi connectivity index (χ4v) is 2.33. The molecule has 1 amide bonds. The number of hydrogen-bond acceptors (Lipinski definition) is 6. The van der Waals surface area contributed by atoms with Gasteiger partial charge in [0, 0.05) is 0 Å². The largest absolute Gasteiger partial charge is 0.510 e. The van der Waals surface area contributed by atoms with Crippen molar-refractivity contribution in [3.63, 3.8) is 0 Å². The molecule has 3 rings (SSSR count). The summed E-state index contributed by atoms with van der Waals surface area (Å²) in [4.78, 5) is 24.6. The Morgan fingerprint density at radius 2 is 2.18 bits per heavy atom. The number of amides is 1. The monoisotopic (exact) mass is 305 g/mol. The highest BCUT2D eigenvalue weighted by Crippen LogP contribution is 2.36. The number of carbonyl (C=O) groups is 2. The summed E-state index contributed by atoms with van der Waals surface area (Å²) in [6.07, 6.45) is -0.705. The van der Waals surface area contributed by atoms with Crippen molar-refractivity contribution in [3.8, 4) is 0 Å². The van der Waals surface area contributed by atoms with Crippen molar-refractivity contribution in [2.24, 2.45) is 0 Å². The van der Waals surface area contributed by atoms with E-state index in [9.17, 15) is 9.59 Å². The van der Waals surface area contributed by atoms with E-state index in [-0.39, 0.29) is 31.3 Å². The van der Waals surface area contributed by atoms with E-state index in [1.165, 1.54) is 11.0 Å². The van der Waals surface area contributed by atoms with Gasteiger partial charge >= 0.3 is 6.16 Å². The molecule has 0 aliphatic carbocycles. The summed E-state index contributed by atoms with van der Waals surface area (Å²) in [7, 11) is 0. The van der Waals surface area contributed by atoms with Crippen LogP contribution in [0.1, 0.15) is 12.0 Å². The number of rotatable bonds is 4. The molecular formula is C15H15NO6. The summed E-state index contributed by atoms with van der Waals surface area (Å²) in [5, 5.41) is 8.96. The van der Waals surface area contributed by atoms with Crippen molar-refractivity contribution in [3.05, 3.63) is 47.7 Å². The lowest BCUT2D eigenvalue weighted by atomic mass is 10.2. The highest BCUT2D eigenvalue weighted by molar-refractivity contribution is 5.84. The van der Waals surface area contributed by atoms with Gasteiger partial charge in [-0.05, 0) is 11.6 Å². The molecule has 1 aromatic rings. The smallest absolute Gasteiger partial charge is 0.468 e. The van der Waals surface area contributed by atoms with Gasteiger partial charge in [-0.3, -0.25) is 9.69 Å². The molecule has 0 aromatic heterocycles. The summed E-state index contributed by atoms with van der Waals surface area (Å²) < 4.78 is 15.6. The van der Waals surface area contributed by atoms with E-state index in [1.54, 1.807) is 0 Å². The number of fused-ring (bicyclic) bond motifs is 1. The average Bonchev–Trinajstić information content (AvgIpc) is 2.78. The molecule has 2 aliphatic heterocycles. The molecule has 0 spiro atoms. The van der Waals surface area contributed by atoms with E-state index in [0.717, 1.165) is 5.56 Å². The minimum Gasteiger partial charge on any atom is -0.468 e. The maximum Gasteiger partial charge on any atom is 0.510 e. The Bertz CT molecular complexity index is 599. The maximum atomic E-state index is 11.8. The molecule has 22 heavy (non-hydrogen) atoms. The van der Waals surface area contributed by atoms with Crippen LogP contribution >= 0.6 is 0 Å². The molecule has 0 unspecified atom stereocenters. The van der Waals surface area contributed by atoms with Gasteiger partial charge < -0.3 is 19.3 Å². The van der Waals surface area contributed by atoms with Crippen LogP contribution in [0.4, 0.5) is 4.79 Å². The van der Waals surface area contributed by atoms with Crippen molar-refractivity contribution < 1.29 is 28.9 Å². The SMILES string of the molecule is O=C(OCc1ccccc1)O[C@@H]1C(=CCO)O[C@@H]2CC(=O)N12. The first-order chi connectivity index (χ1) is 10.7. The van der Waals surface area contributed by atoms with Gasteiger partial charge in [0.05, 0.1) is 13.0 Å². The lowest BCUT2D eigenvalue weighted by Crippen LogP contribution is -2.53. The molecule has 116 valence electrons. The second-order valence-corrected chi connectivity index (χ2v) is 4.86. The molecule has 7 nitrogen and oxygen atoms in total. The quantitative estimate of drug-likeness (QED) is 0.663. The first-order valence-corrected chi connectivity index (χ1v) is 6.85. The molecule has 7 heteroatoms. The predicted molar refractivity (Wildman–Crippen MR) is 73.0 cm³/mol. The molecule has 2 fully saturated rings. The molecule has 1 N–H and O–H groups in total. The van der Waals surface area contributed by atoms with Gasteiger partial charge in [0.15, 0.2) is 12.0 Å². The number of hydrogen-bond donors (Lipinski definition) is 1. The van der Waals surface area contributed by atoms with Crippen LogP contribution in [-0.2, 0) is 25.6 Å². The van der Waals surface area contributed by atoms with Crippen LogP contribution in [0, 0.1) is 0 Å². The standard InChI is InChI=1S/C15H15NO6/c17-7-6-11-14(16-12(18)8-13(16)21-11)22-15(19)20-9-10-4-2-1-3-5-10/h1-6,13-14,17H,7-9H2/t13-,14-/m1/s1. The van der Waals surface area contributed by atoms with Gasteiger partial charge in [0.2, 0.25) is 12.1 Å². The van der Waals surface area contributed by atoms with Gasteiger partial charge in [-0.15, -0.1) is 0 Å². The number of nitrogens with zero attached hydrogens (tertiary/aromatic N) is 1. The summed E-state index contributed by atoms with van der Waals surface area (Å²) in [6, 6.07) is 9.16. The van der Waals surface area contributed by atoms with Crippen LogP contribution < -0.4 is 0 Å². The third-order valence-electron chi connectivity index (χ3n) is 3.42. The molecule has 1 aromatic carbocycles. The zero-order chi connectivity index (χ0) is 15.5. The third-order valence-corrected chi connectivity index (χ3v) is 3.42. The van der Waals surface area contributed by atoms with E-state index in [1.807, 2.05) is 30.3 Å². The number of aliphatic hydroxyl groups is 1. The van der Waals surface area contributed by atoms with Crippen LogP contribution in [-0.4, -0.2) is 41.1 Å². The highest BCUT2D eigenvalue weighted by atomic mass is 16.7. The number of β-lactam (4-membered cyclic amide) rings is 1. The van der Waals surface area contributed by atoms with Crippen LogP contribution in [0.5, 0.6) is 0 Å². The van der Waals surface area contributed by atoms with Crippen LogP contribution in [0.25, 0.3) is 0 Å². The molecule has 0 bridgehead atoms. The first kappa shape index (κ1) is 14.4. The zero-order valence-corrected chi connectivity index (χ0v) is 11.7. The predicted octanol–water partition coefficient (Wildman–Crippen LogP) is 1.13. The van der Waals surface area contributed by atoms with Crippen molar-refractivity contribution in [1.29, 1.82) is 0 Å². The molecular weight excluding hydrogens is 290 g/mol. The third kappa shape index (κ3) is 2.75. The van der Waals surface area contributed by atoms with E-state index in [0.29, 0.717) is 0 Å². The van der Waals surface area contributed by atoms with Crippen molar-refractivity contribution >= 4 is 12.1 Å². The second-order valence-electron chi connectivity index (χ2n) is 4.86. The summed E-state index contributed by atoms with van der Waals surface area (Å²) in [5.41, 5.74) is 0.825. The average molecular weight is 305 g/mol. The minimum absolute atomic E-state index is 0.0731. The van der Waals surface area contributed by atoms with Crippen molar-refractivity contribution in [2.45, 2.75) is 25.5 Å². The molecule has 2 heterocycles. The number of carbonyl (C=O) groups excluding carboxylic acids is 2. The molecule has 2 aliphatic rings. The first-order valence-electron chi connectivity index (χ1n) is 6.85. The van der Waals surface area contributed by atoms with Crippen LogP contribution in [0.3, 0.4) is 0 Å². The highest BCUT2D eigenvalue weighted by Gasteiger charge is 2.52. The Morgan fingerprint density at radius 1 is 1.41 bits per heavy atom. The fourth-order valence-electron chi connectivity index (χ4n) is 2.33. The van der Waals surface area contributed by atoms with Gasteiger partial charge in [-0.2, -0.15) is 0 Å². The van der Waals surface area contributed by atoms with Crippen molar-refractivity contribution in [2.75, 3.05) is 6.61 Å². The molecule has 2 atom stereocenters. The zero-order valence-electron chi connectivity index (χ0n) is 11.7. The lowest BCUT2D eigenvalue weighted by molar-refractivity contribution is -0.165. The van der Waals surface area contributed by atoms with E-state index >= 15 is 0 Å². The minimum atomic E-state index is -0.971. The topological polar surface area (TPSA) is 85.3 Å². The summed E-state index contributed by atoms with van der Waals surface area (Å²) in [6.45, 7) is -0.202. The van der Waals surface area contributed by atoms with Gasteiger partial charge in [0.1, 0.15) is 6.61 Å².